The molecule has 0 aromatic heterocycles. The van der Waals surface area contributed by atoms with Crippen LogP contribution in [0.5, 0.6) is 0 Å². The predicted octanol–water partition coefficient (Wildman–Crippen LogP) is 2.09. The molecule has 2 aromatic rings. The van der Waals surface area contributed by atoms with E-state index in [-0.39, 0.29) is 4.90 Å². The van der Waals surface area contributed by atoms with Crippen LogP contribution in [0.4, 0.5) is 11.4 Å². The number of rotatable bonds is 1. The molecule has 0 aliphatic carbocycles. The summed E-state index contributed by atoms with van der Waals surface area (Å²) in [5.41, 5.74) is 13.1. The molecule has 2 aromatic carbocycles. The highest BCUT2D eigenvalue weighted by molar-refractivity contribution is 7.85. The minimum absolute atomic E-state index is 0.183. The summed E-state index contributed by atoms with van der Waals surface area (Å²) in [4.78, 5) is -0.183. The van der Waals surface area contributed by atoms with E-state index in [1.807, 2.05) is 31.2 Å². The highest BCUT2D eigenvalue weighted by Gasteiger charge is 2.07. The third-order valence-electron chi connectivity index (χ3n) is 2.20. The fourth-order valence-electron chi connectivity index (χ4n) is 1.35. The molecule has 0 spiro atoms. The van der Waals surface area contributed by atoms with Gasteiger partial charge in [-0.05, 0) is 42.8 Å². The highest BCUT2D eigenvalue weighted by atomic mass is 32.2. The molecule has 0 heterocycles. The maximum absolute atomic E-state index is 10.5. The van der Waals surface area contributed by atoms with Crippen molar-refractivity contribution in [2.24, 2.45) is 0 Å². The number of benzene rings is 2. The Hall–Kier alpha value is -2.05. The molecule has 0 amide bonds. The zero-order chi connectivity index (χ0) is 14.5. The first-order valence-electron chi connectivity index (χ1n) is 5.44. The van der Waals surface area contributed by atoms with E-state index >= 15 is 0 Å². The lowest BCUT2D eigenvalue weighted by Gasteiger charge is -1.96. The topological polar surface area (TPSA) is 106 Å². The summed E-state index contributed by atoms with van der Waals surface area (Å²) in [6.07, 6.45) is 0. The Bertz CT molecular complexity index is 637. The van der Waals surface area contributed by atoms with Gasteiger partial charge in [-0.25, -0.2) is 0 Å². The second-order valence-electron chi connectivity index (χ2n) is 3.96. The molecule has 0 unspecified atom stereocenters. The van der Waals surface area contributed by atoms with Crippen LogP contribution in [-0.4, -0.2) is 13.0 Å². The van der Waals surface area contributed by atoms with E-state index in [1.54, 1.807) is 0 Å². The summed E-state index contributed by atoms with van der Waals surface area (Å²) >= 11 is 0. The van der Waals surface area contributed by atoms with Gasteiger partial charge in [0.1, 0.15) is 0 Å². The Kier molecular flexibility index (Phi) is 4.91. The third-order valence-corrected chi connectivity index (χ3v) is 3.05. The molecule has 0 fully saturated rings. The molecule has 2 rings (SSSR count). The van der Waals surface area contributed by atoms with Crippen molar-refractivity contribution in [3.05, 3.63) is 54.1 Å². The molecular formula is C13H16N2O3S. The van der Waals surface area contributed by atoms with Gasteiger partial charge >= 0.3 is 0 Å². The van der Waals surface area contributed by atoms with Gasteiger partial charge in [0.25, 0.3) is 10.1 Å². The first kappa shape index (κ1) is 15.0. The van der Waals surface area contributed by atoms with Gasteiger partial charge in [0.2, 0.25) is 0 Å². The smallest absolute Gasteiger partial charge is 0.294 e. The standard InChI is InChI=1S/C7H9N.C6H7NO3S/c1-6-3-2-4-7(8)5-6;7-5-2-1-3-6(4-5)11(8,9)10/h2-5H,8H2,1H3;1-4H,7H2,(H,8,9,10). The minimum atomic E-state index is -4.11. The summed E-state index contributed by atoms with van der Waals surface area (Å²) in [6, 6.07) is 13.3. The van der Waals surface area contributed by atoms with E-state index in [9.17, 15) is 8.42 Å². The van der Waals surface area contributed by atoms with Crippen LogP contribution in [-0.2, 0) is 10.1 Å². The van der Waals surface area contributed by atoms with Crippen molar-refractivity contribution in [1.29, 1.82) is 0 Å². The first-order chi connectivity index (χ1) is 8.79. The molecular weight excluding hydrogens is 264 g/mol. The van der Waals surface area contributed by atoms with E-state index < -0.39 is 10.1 Å². The van der Waals surface area contributed by atoms with E-state index in [4.69, 9.17) is 16.0 Å². The van der Waals surface area contributed by atoms with Crippen molar-refractivity contribution >= 4 is 21.5 Å². The Morgan fingerprint density at radius 2 is 1.47 bits per heavy atom. The molecule has 5 N–H and O–H groups in total. The van der Waals surface area contributed by atoms with E-state index in [0.717, 1.165) is 5.69 Å². The van der Waals surface area contributed by atoms with Gasteiger partial charge in [-0.2, -0.15) is 8.42 Å². The van der Waals surface area contributed by atoms with E-state index in [1.165, 1.54) is 29.8 Å². The van der Waals surface area contributed by atoms with Gasteiger partial charge in [0, 0.05) is 11.4 Å². The van der Waals surface area contributed by atoms with Gasteiger partial charge in [-0.1, -0.05) is 18.2 Å². The molecule has 6 heteroatoms. The van der Waals surface area contributed by atoms with Crippen LogP contribution < -0.4 is 11.5 Å². The van der Waals surface area contributed by atoms with Crippen molar-refractivity contribution in [1.82, 2.24) is 0 Å². The molecule has 0 atom stereocenters. The fraction of sp³-hybridized carbons (Fsp3) is 0.0769. The predicted molar refractivity (Wildman–Crippen MR) is 76.3 cm³/mol. The normalized spacial score (nSPS) is 10.4. The molecule has 102 valence electrons. The zero-order valence-corrected chi connectivity index (χ0v) is 11.3. The van der Waals surface area contributed by atoms with Crippen molar-refractivity contribution in [2.75, 3.05) is 11.5 Å². The molecule has 0 saturated carbocycles. The lowest BCUT2D eigenvalue weighted by atomic mass is 10.2. The van der Waals surface area contributed by atoms with E-state index in [2.05, 4.69) is 0 Å². The van der Waals surface area contributed by atoms with E-state index in [0.29, 0.717) is 5.69 Å². The summed E-state index contributed by atoms with van der Waals surface area (Å²) in [7, 11) is -4.11. The van der Waals surface area contributed by atoms with Gasteiger partial charge in [0.15, 0.2) is 0 Å². The maximum Gasteiger partial charge on any atom is 0.294 e. The number of nitrogen functional groups attached to an aromatic ring is 2. The van der Waals surface area contributed by atoms with Gasteiger partial charge in [-0.15, -0.1) is 0 Å². The van der Waals surface area contributed by atoms with Crippen LogP contribution in [0.3, 0.4) is 0 Å². The van der Waals surface area contributed by atoms with Crippen LogP contribution in [0.25, 0.3) is 0 Å². The van der Waals surface area contributed by atoms with Crippen molar-refractivity contribution in [3.8, 4) is 0 Å². The van der Waals surface area contributed by atoms with Crippen LogP contribution in [0.15, 0.2) is 53.4 Å². The van der Waals surface area contributed by atoms with Crippen molar-refractivity contribution < 1.29 is 13.0 Å². The monoisotopic (exact) mass is 280 g/mol. The summed E-state index contributed by atoms with van der Waals surface area (Å²) in [5, 5.41) is 0. The summed E-state index contributed by atoms with van der Waals surface area (Å²) in [5.74, 6) is 0. The molecule has 0 radical (unpaired) electrons. The summed E-state index contributed by atoms with van der Waals surface area (Å²) in [6.45, 7) is 2.02. The van der Waals surface area contributed by atoms with Crippen molar-refractivity contribution in [2.45, 2.75) is 11.8 Å². The number of hydrogen-bond donors (Lipinski definition) is 3. The van der Waals surface area contributed by atoms with Gasteiger partial charge < -0.3 is 11.5 Å². The van der Waals surface area contributed by atoms with Crippen LogP contribution >= 0.6 is 0 Å². The molecule has 0 aliphatic heterocycles. The second-order valence-corrected chi connectivity index (χ2v) is 5.38. The Balaban J connectivity index is 0.000000200. The van der Waals surface area contributed by atoms with Gasteiger partial charge in [0.05, 0.1) is 4.90 Å². The molecule has 0 aliphatic rings. The maximum atomic E-state index is 10.5. The average Bonchev–Trinajstić information content (AvgIpc) is 2.28. The van der Waals surface area contributed by atoms with Crippen LogP contribution in [0, 0.1) is 6.92 Å². The first-order valence-corrected chi connectivity index (χ1v) is 6.88. The quantitative estimate of drug-likeness (QED) is 0.548. The zero-order valence-electron chi connectivity index (χ0n) is 10.4. The minimum Gasteiger partial charge on any atom is -0.399 e. The molecule has 5 nitrogen and oxygen atoms in total. The number of hydrogen-bond acceptors (Lipinski definition) is 4. The Labute approximate surface area is 112 Å². The Morgan fingerprint density at radius 3 is 1.79 bits per heavy atom. The van der Waals surface area contributed by atoms with Crippen LogP contribution in [0.1, 0.15) is 5.56 Å². The number of aryl methyl sites for hydroxylation is 1. The lowest BCUT2D eigenvalue weighted by Crippen LogP contribution is -1.98. The van der Waals surface area contributed by atoms with Crippen LogP contribution in [0.2, 0.25) is 0 Å². The largest absolute Gasteiger partial charge is 0.399 e. The van der Waals surface area contributed by atoms with Crippen molar-refractivity contribution in [3.63, 3.8) is 0 Å². The number of anilines is 2. The second kappa shape index (κ2) is 6.21. The Morgan fingerprint density at radius 1 is 0.947 bits per heavy atom. The molecule has 19 heavy (non-hydrogen) atoms. The molecule has 0 bridgehead atoms. The third kappa shape index (κ3) is 5.41. The SMILES string of the molecule is Cc1cccc(N)c1.Nc1cccc(S(=O)(=O)O)c1. The number of nitrogens with two attached hydrogens (primary N) is 2. The molecule has 0 saturated heterocycles. The average molecular weight is 280 g/mol. The summed E-state index contributed by atoms with van der Waals surface area (Å²) < 4.78 is 29.5. The highest BCUT2D eigenvalue weighted by Crippen LogP contribution is 2.11. The lowest BCUT2D eigenvalue weighted by molar-refractivity contribution is 0.483. The fourth-order valence-corrected chi connectivity index (χ4v) is 1.88. The van der Waals surface area contributed by atoms with Gasteiger partial charge in [-0.3, -0.25) is 4.55 Å².